The van der Waals surface area contributed by atoms with Gasteiger partial charge < -0.3 is 14.8 Å². The second-order valence-corrected chi connectivity index (χ2v) is 6.41. The Kier molecular flexibility index (Phi) is 4.16. The Morgan fingerprint density at radius 2 is 1.95 bits per heavy atom. The highest BCUT2D eigenvalue weighted by atomic mass is 16.6. The van der Waals surface area contributed by atoms with Crippen LogP contribution in [-0.4, -0.2) is 25.3 Å². The molecule has 0 bridgehead atoms. The number of para-hydroxylation sites is 2. The smallest absolute Gasteiger partial charge is 0.161 e. The molecule has 3 rings (SSSR count). The van der Waals surface area contributed by atoms with Gasteiger partial charge in [0, 0.05) is 12.6 Å². The van der Waals surface area contributed by atoms with E-state index in [1.807, 2.05) is 24.3 Å². The van der Waals surface area contributed by atoms with Crippen LogP contribution in [0, 0.1) is 11.8 Å². The molecule has 0 aromatic heterocycles. The van der Waals surface area contributed by atoms with Crippen LogP contribution in [0.4, 0.5) is 0 Å². The summed E-state index contributed by atoms with van der Waals surface area (Å²) in [6.07, 6.45) is 4.08. The maximum atomic E-state index is 5.99. The fourth-order valence-electron chi connectivity index (χ4n) is 3.42. The van der Waals surface area contributed by atoms with E-state index >= 15 is 0 Å². The monoisotopic (exact) mass is 275 g/mol. The van der Waals surface area contributed by atoms with E-state index in [4.69, 9.17) is 9.47 Å². The van der Waals surface area contributed by atoms with Crippen molar-refractivity contribution in [2.24, 2.45) is 11.8 Å². The second-order valence-electron chi connectivity index (χ2n) is 6.41. The van der Waals surface area contributed by atoms with Crippen molar-refractivity contribution in [2.75, 3.05) is 13.2 Å². The molecule has 1 aliphatic heterocycles. The standard InChI is InChI=1S/C17H25NO2/c1-12-7-8-15(13(2)9-12)18-10-14-11-19-16-5-3-4-6-17(16)20-14/h3-6,12-15,18H,7-11H2,1-2H3. The number of benzene rings is 1. The van der Waals surface area contributed by atoms with Gasteiger partial charge in [-0.2, -0.15) is 0 Å². The lowest BCUT2D eigenvalue weighted by Gasteiger charge is -2.35. The molecule has 4 atom stereocenters. The summed E-state index contributed by atoms with van der Waals surface area (Å²) in [5.41, 5.74) is 0. The third-order valence-electron chi connectivity index (χ3n) is 4.61. The largest absolute Gasteiger partial charge is 0.486 e. The lowest BCUT2D eigenvalue weighted by Crippen LogP contribution is -2.46. The molecular weight excluding hydrogens is 250 g/mol. The van der Waals surface area contributed by atoms with Gasteiger partial charge in [-0.3, -0.25) is 0 Å². The Hall–Kier alpha value is -1.22. The van der Waals surface area contributed by atoms with E-state index in [1.54, 1.807) is 0 Å². The highest BCUT2D eigenvalue weighted by Gasteiger charge is 2.27. The first-order chi connectivity index (χ1) is 9.72. The zero-order valence-electron chi connectivity index (χ0n) is 12.5. The summed E-state index contributed by atoms with van der Waals surface area (Å²) in [7, 11) is 0. The molecule has 2 aliphatic rings. The number of fused-ring (bicyclic) bond motifs is 1. The summed E-state index contributed by atoms with van der Waals surface area (Å²) in [5.74, 6) is 3.37. The van der Waals surface area contributed by atoms with Crippen LogP contribution >= 0.6 is 0 Å². The molecule has 1 heterocycles. The van der Waals surface area contributed by atoms with Gasteiger partial charge in [-0.1, -0.05) is 26.0 Å². The quantitative estimate of drug-likeness (QED) is 0.918. The van der Waals surface area contributed by atoms with Crippen LogP contribution in [0.3, 0.4) is 0 Å². The van der Waals surface area contributed by atoms with E-state index in [0.717, 1.165) is 29.9 Å². The van der Waals surface area contributed by atoms with Crippen molar-refractivity contribution in [2.45, 2.75) is 45.3 Å². The van der Waals surface area contributed by atoms with Crippen molar-refractivity contribution in [1.29, 1.82) is 0 Å². The summed E-state index contributed by atoms with van der Waals surface area (Å²) in [6, 6.07) is 8.54. The molecule has 1 aliphatic carbocycles. The first-order valence-electron chi connectivity index (χ1n) is 7.84. The van der Waals surface area contributed by atoms with Gasteiger partial charge in [-0.15, -0.1) is 0 Å². The van der Waals surface area contributed by atoms with Crippen molar-refractivity contribution in [3.05, 3.63) is 24.3 Å². The Morgan fingerprint density at radius 1 is 1.15 bits per heavy atom. The molecule has 3 nitrogen and oxygen atoms in total. The van der Waals surface area contributed by atoms with Gasteiger partial charge >= 0.3 is 0 Å². The Bertz CT molecular complexity index is 448. The Labute approximate surface area is 121 Å². The van der Waals surface area contributed by atoms with E-state index in [0.29, 0.717) is 12.6 Å². The molecule has 4 unspecified atom stereocenters. The van der Waals surface area contributed by atoms with E-state index in [1.165, 1.54) is 19.3 Å². The van der Waals surface area contributed by atoms with Gasteiger partial charge in [0.2, 0.25) is 0 Å². The minimum atomic E-state index is 0.122. The average molecular weight is 275 g/mol. The molecule has 0 radical (unpaired) electrons. The Balaban J connectivity index is 1.50. The van der Waals surface area contributed by atoms with E-state index in [-0.39, 0.29) is 6.10 Å². The van der Waals surface area contributed by atoms with E-state index in [2.05, 4.69) is 19.2 Å². The van der Waals surface area contributed by atoms with Gasteiger partial charge in [0.25, 0.3) is 0 Å². The summed E-state index contributed by atoms with van der Waals surface area (Å²) in [4.78, 5) is 0. The fourth-order valence-corrected chi connectivity index (χ4v) is 3.42. The predicted molar refractivity (Wildman–Crippen MR) is 80.3 cm³/mol. The topological polar surface area (TPSA) is 30.5 Å². The predicted octanol–water partition coefficient (Wildman–Crippen LogP) is 3.24. The van der Waals surface area contributed by atoms with Crippen molar-refractivity contribution in [3.63, 3.8) is 0 Å². The maximum absolute atomic E-state index is 5.99. The SMILES string of the molecule is CC1CCC(NCC2COc3ccccc3O2)C(C)C1. The van der Waals surface area contributed by atoms with E-state index in [9.17, 15) is 0 Å². The van der Waals surface area contributed by atoms with E-state index < -0.39 is 0 Å². The first kappa shape index (κ1) is 13.7. The van der Waals surface area contributed by atoms with Gasteiger partial charge in [0.05, 0.1) is 0 Å². The van der Waals surface area contributed by atoms with Crippen LogP contribution < -0.4 is 14.8 Å². The van der Waals surface area contributed by atoms with Gasteiger partial charge in [-0.05, 0) is 43.2 Å². The zero-order chi connectivity index (χ0) is 13.9. The van der Waals surface area contributed by atoms with Crippen LogP contribution in [-0.2, 0) is 0 Å². The van der Waals surface area contributed by atoms with Crippen molar-refractivity contribution < 1.29 is 9.47 Å². The van der Waals surface area contributed by atoms with Crippen LogP contribution in [0.5, 0.6) is 11.5 Å². The fraction of sp³-hybridized carbons (Fsp3) is 0.647. The summed E-state index contributed by atoms with van der Waals surface area (Å²) in [5, 5.41) is 3.69. The molecule has 1 fully saturated rings. The average Bonchev–Trinajstić information content (AvgIpc) is 2.46. The van der Waals surface area contributed by atoms with Gasteiger partial charge in [-0.25, -0.2) is 0 Å². The summed E-state index contributed by atoms with van der Waals surface area (Å²) < 4.78 is 11.7. The molecule has 0 spiro atoms. The highest BCUT2D eigenvalue weighted by molar-refractivity contribution is 5.40. The molecule has 1 saturated carbocycles. The van der Waals surface area contributed by atoms with Crippen LogP contribution in [0.15, 0.2) is 24.3 Å². The van der Waals surface area contributed by atoms with Crippen LogP contribution in [0.2, 0.25) is 0 Å². The number of rotatable bonds is 3. The Morgan fingerprint density at radius 3 is 2.75 bits per heavy atom. The van der Waals surface area contributed by atoms with Crippen molar-refractivity contribution in [1.82, 2.24) is 5.32 Å². The number of hydrogen-bond acceptors (Lipinski definition) is 3. The zero-order valence-corrected chi connectivity index (χ0v) is 12.5. The van der Waals surface area contributed by atoms with Crippen LogP contribution in [0.1, 0.15) is 33.1 Å². The minimum Gasteiger partial charge on any atom is -0.486 e. The summed E-state index contributed by atoms with van der Waals surface area (Å²) in [6.45, 7) is 6.24. The van der Waals surface area contributed by atoms with Gasteiger partial charge in [0.15, 0.2) is 11.5 Å². The van der Waals surface area contributed by atoms with Crippen molar-refractivity contribution in [3.8, 4) is 11.5 Å². The molecule has 0 amide bonds. The minimum absolute atomic E-state index is 0.122. The maximum Gasteiger partial charge on any atom is 0.161 e. The second kappa shape index (κ2) is 6.04. The molecule has 110 valence electrons. The first-order valence-corrected chi connectivity index (χ1v) is 7.84. The van der Waals surface area contributed by atoms with Crippen LogP contribution in [0.25, 0.3) is 0 Å². The number of ether oxygens (including phenoxy) is 2. The third kappa shape index (κ3) is 3.09. The van der Waals surface area contributed by atoms with Gasteiger partial charge in [0.1, 0.15) is 12.7 Å². The number of nitrogens with one attached hydrogen (secondary N) is 1. The summed E-state index contributed by atoms with van der Waals surface area (Å²) >= 11 is 0. The number of hydrogen-bond donors (Lipinski definition) is 1. The lowest BCUT2D eigenvalue weighted by molar-refractivity contribution is 0.0830. The molecule has 1 N–H and O–H groups in total. The molecule has 0 saturated heterocycles. The molecule has 1 aromatic carbocycles. The normalized spacial score (nSPS) is 32.9. The highest BCUT2D eigenvalue weighted by Crippen LogP contribution is 2.31. The molecule has 1 aromatic rings. The molecule has 3 heteroatoms. The molecule has 20 heavy (non-hydrogen) atoms. The third-order valence-corrected chi connectivity index (χ3v) is 4.61. The molecular formula is C17H25NO2. The van der Waals surface area contributed by atoms with Crippen molar-refractivity contribution >= 4 is 0 Å². The lowest BCUT2D eigenvalue weighted by atomic mass is 9.80.